The molecule has 1 saturated carbocycles. The molecular formula is C14H22N4. The van der Waals surface area contributed by atoms with Gasteiger partial charge in [0.05, 0.1) is 17.8 Å². The van der Waals surface area contributed by atoms with Gasteiger partial charge in [0.15, 0.2) is 0 Å². The number of nitrogens with zero attached hydrogens (tertiary/aromatic N) is 4. The number of rotatable bonds is 6. The lowest BCUT2D eigenvalue weighted by molar-refractivity contribution is 0.281. The van der Waals surface area contributed by atoms with E-state index in [1.807, 2.05) is 0 Å². The van der Waals surface area contributed by atoms with Gasteiger partial charge in [-0.3, -0.25) is 9.58 Å². The Hall–Kier alpha value is -1.34. The van der Waals surface area contributed by atoms with Crippen molar-refractivity contribution in [3.63, 3.8) is 0 Å². The van der Waals surface area contributed by atoms with Crippen LogP contribution in [-0.4, -0.2) is 27.8 Å². The maximum Gasteiger partial charge on any atom is 0.0764 e. The Morgan fingerprint density at radius 1 is 1.50 bits per heavy atom. The highest BCUT2D eigenvalue weighted by atomic mass is 15.3. The van der Waals surface area contributed by atoms with Gasteiger partial charge in [-0.25, -0.2) is 0 Å². The molecule has 18 heavy (non-hydrogen) atoms. The van der Waals surface area contributed by atoms with Crippen molar-refractivity contribution in [2.75, 3.05) is 13.1 Å². The second kappa shape index (κ2) is 6.55. The van der Waals surface area contributed by atoms with Crippen molar-refractivity contribution in [1.82, 2.24) is 14.7 Å². The first-order valence-corrected chi connectivity index (χ1v) is 6.97. The third-order valence-corrected chi connectivity index (χ3v) is 3.74. The van der Waals surface area contributed by atoms with E-state index in [0.29, 0.717) is 12.5 Å². The van der Waals surface area contributed by atoms with Gasteiger partial charge in [-0.1, -0.05) is 19.8 Å². The molecule has 0 amide bonds. The Balaban J connectivity index is 1.90. The predicted molar refractivity (Wildman–Crippen MR) is 70.9 cm³/mol. The average Bonchev–Trinajstić information content (AvgIpc) is 3.04. The summed E-state index contributed by atoms with van der Waals surface area (Å²) in [5, 5.41) is 13.3. The lowest BCUT2D eigenvalue weighted by atomic mass is 10.3. The minimum Gasteiger partial charge on any atom is -0.297 e. The normalized spacial score (nSPS) is 16.3. The molecule has 0 saturated heterocycles. The van der Waals surface area contributed by atoms with Crippen LogP contribution in [0, 0.1) is 11.3 Å². The Bertz CT molecular complexity index is 398. The molecule has 1 heterocycles. The van der Waals surface area contributed by atoms with Gasteiger partial charge in [-0.05, 0) is 25.5 Å². The van der Waals surface area contributed by atoms with Crippen LogP contribution in [-0.2, 0) is 6.54 Å². The molecule has 2 rings (SSSR count). The largest absolute Gasteiger partial charge is 0.297 e. The maximum atomic E-state index is 8.63. The molecule has 1 fully saturated rings. The molecule has 0 aliphatic heterocycles. The SMILES string of the molecule is CCN(CCC#N)Cc1ccn(C2CCCC2)n1. The molecule has 0 aromatic carbocycles. The van der Waals surface area contributed by atoms with E-state index in [1.165, 1.54) is 25.7 Å². The molecular weight excluding hydrogens is 224 g/mol. The number of nitriles is 1. The van der Waals surface area contributed by atoms with E-state index in [-0.39, 0.29) is 0 Å². The molecule has 0 radical (unpaired) electrons. The minimum atomic E-state index is 0.594. The van der Waals surface area contributed by atoms with E-state index in [4.69, 9.17) is 5.26 Å². The average molecular weight is 246 g/mol. The van der Waals surface area contributed by atoms with Crippen LogP contribution >= 0.6 is 0 Å². The van der Waals surface area contributed by atoms with Crippen LogP contribution in [0.25, 0.3) is 0 Å². The highest BCUT2D eigenvalue weighted by molar-refractivity contribution is 5.00. The molecule has 4 heteroatoms. The third-order valence-electron chi connectivity index (χ3n) is 3.74. The van der Waals surface area contributed by atoms with Gasteiger partial charge in [0.1, 0.15) is 0 Å². The van der Waals surface area contributed by atoms with Crippen LogP contribution in [0.5, 0.6) is 0 Å². The Morgan fingerprint density at radius 3 is 2.94 bits per heavy atom. The fourth-order valence-electron chi connectivity index (χ4n) is 2.62. The van der Waals surface area contributed by atoms with Gasteiger partial charge < -0.3 is 0 Å². The van der Waals surface area contributed by atoms with Crippen LogP contribution in [0.1, 0.15) is 50.8 Å². The lowest BCUT2D eigenvalue weighted by Crippen LogP contribution is -2.24. The summed E-state index contributed by atoms with van der Waals surface area (Å²) in [5.41, 5.74) is 1.13. The standard InChI is InChI=1S/C14H22N4/c1-2-17(10-5-9-15)12-13-8-11-18(16-13)14-6-3-4-7-14/h8,11,14H,2-7,10,12H2,1H3. The molecule has 1 aliphatic carbocycles. The highest BCUT2D eigenvalue weighted by Gasteiger charge is 2.17. The van der Waals surface area contributed by atoms with Gasteiger partial charge in [0.25, 0.3) is 0 Å². The van der Waals surface area contributed by atoms with Crippen LogP contribution < -0.4 is 0 Å². The maximum absolute atomic E-state index is 8.63. The van der Waals surface area contributed by atoms with Crippen LogP contribution in [0.15, 0.2) is 12.3 Å². The van der Waals surface area contributed by atoms with Crippen LogP contribution in [0.4, 0.5) is 0 Å². The Morgan fingerprint density at radius 2 is 2.28 bits per heavy atom. The molecule has 0 bridgehead atoms. The zero-order chi connectivity index (χ0) is 12.8. The fourth-order valence-corrected chi connectivity index (χ4v) is 2.62. The van der Waals surface area contributed by atoms with Crippen molar-refractivity contribution in [1.29, 1.82) is 5.26 Å². The molecule has 0 N–H and O–H groups in total. The summed E-state index contributed by atoms with van der Waals surface area (Å²) < 4.78 is 2.14. The van der Waals surface area contributed by atoms with E-state index < -0.39 is 0 Å². The first kappa shape index (κ1) is 13.1. The van der Waals surface area contributed by atoms with E-state index in [9.17, 15) is 0 Å². The fraction of sp³-hybridized carbons (Fsp3) is 0.714. The van der Waals surface area contributed by atoms with E-state index in [0.717, 1.165) is 25.3 Å². The lowest BCUT2D eigenvalue weighted by Gasteiger charge is -2.17. The summed E-state index contributed by atoms with van der Waals surface area (Å²) in [6, 6.07) is 4.94. The quantitative estimate of drug-likeness (QED) is 0.775. The van der Waals surface area contributed by atoms with Crippen LogP contribution in [0.3, 0.4) is 0 Å². The third kappa shape index (κ3) is 3.33. The van der Waals surface area contributed by atoms with Crippen molar-refractivity contribution in [2.24, 2.45) is 0 Å². The van der Waals surface area contributed by atoms with Crippen molar-refractivity contribution >= 4 is 0 Å². The van der Waals surface area contributed by atoms with Crippen molar-refractivity contribution in [3.05, 3.63) is 18.0 Å². The first-order chi connectivity index (χ1) is 8.83. The molecule has 98 valence electrons. The first-order valence-electron chi connectivity index (χ1n) is 6.97. The molecule has 0 spiro atoms. The molecule has 1 aromatic rings. The zero-order valence-electron chi connectivity index (χ0n) is 11.2. The van der Waals surface area contributed by atoms with Gasteiger partial charge in [-0.15, -0.1) is 0 Å². The smallest absolute Gasteiger partial charge is 0.0764 e. The van der Waals surface area contributed by atoms with Crippen molar-refractivity contribution in [3.8, 4) is 6.07 Å². The second-order valence-electron chi connectivity index (χ2n) is 5.00. The number of aromatic nitrogens is 2. The Labute approximate surface area is 109 Å². The highest BCUT2D eigenvalue weighted by Crippen LogP contribution is 2.28. The van der Waals surface area contributed by atoms with E-state index in [1.54, 1.807) is 0 Å². The summed E-state index contributed by atoms with van der Waals surface area (Å²) in [5.74, 6) is 0. The summed E-state index contributed by atoms with van der Waals surface area (Å²) in [7, 11) is 0. The molecule has 4 nitrogen and oxygen atoms in total. The summed E-state index contributed by atoms with van der Waals surface area (Å²) in [6.45, 7) is 4.80. The van der Waals surface area contributed by atoms with E-state index in [2.05, 4.69) is 39.9 Å². The molecule has 1 aliphatic rings. The summed E-state index contributed by atoms with van der Waals surface area (Å²) >= 11 is 0. The number of hydrogen-bond donors (Lipinski definition) is 0. The summed E-state index contributed by atoms with van der Waals surface area (Å²) in [4.78, 5) is 2.27. The van der Waals surface area contributed by atoms with Gasteiger partial charge in [0.2, 0.25) is 0 Å². The molecule has 0 atom stereocenters. The summed E-state index contributed by atoms with van der Waals surface area (Å²) in [6.07, 6.45) is 7.92. The number of hydrogen-bond acceptors (Lipinski definition) is 3. The zero-order valence-corrected chi connectivity index (χ0v) is 11.2. The van der Waals surface area contributed by atoms with Gasteiger partial charge in [0, 0.05) is 25.7 Å². The molecule has 1 aromatic heterocycles. The van der Waals surface area contributed by atoms with Crippen molar-refractivity contribution < 1.29 is 0 Å². The van der Waals surface area contributed by atoms with Gasteiger partial charge in [-0.2, -0.15) is 10.4 Å². The van der Waals surface area contributed by atoms with Crippen LogP contribution in [0.2, 0.25) is 0 Å². The topological polar surface area (TPSA) is 44.9 Å². The Kier molecular flexibility index (Phi) is 4.77. The van der Waals surface area contributed by atoms with E-state index >= 15 is 0 Å². The predicted octanol–water partition coefficient (Wildman–Crippen LogP) is 2.73. The minimum absolute atomic E-state index is 0.594. The van der Waals surface area contributed by atoms with Gasteiger partial charge >= 0.3 is 0 Å². The monoisotopic (exact) mass is 246 g/mol. The second-order valence-corrected chi connectivity index (χ2v) is 5.00. The molecule has 0 unspecified atom stereocenters. The van der Waals surface area contributed by atoms with Crippen molar-refractivity contribution in [2.45, 2.75) is 51.6 Å².